The molecule has 4 aromatic rings. The topological polar surface area (TPSA) is 70.3 Å². The van der Waals surface area contributed by atoms with Gasteiger partial charge in [0.25, 0.3) is 0 Å². The molecule has 9 heteroatoms. The number of aromatic nitrogens is 3. The molecule has 2 aromatic carbocycles. The Balaban J connectivity index is 1.27. The summed E-state index contributed by atoms with van der Waals surface area (Å²) >= 11 is 7.17. The van der Waals surface area contributed by atoms with E-state index in [1.807, 2.05) is 18.2 Å². The lowest BCUT2D eigenvalue weighted by Crippen LogP contribution is -2.50. The summed E-state index contributed by atoms with van der Waals surface area (Å²) in [5.74, 6) is 1.08. The van der Waals surface area contributed by atoms with Gasteiger partial charge in [0.1, 0.15) is 11.3 Å². The number of nitrogens with zero attached hydrogens (tertiary/aromatic N) is 5. The van der Waals surface area contributed by atoms with Gasteiger partial charge >= 0.3 is 0 Å². The minimum Gasteiger partial charge on any atom is -0.352 e. The molecule has 0 saturated carbocycles. The van der Waals surface area contributed by atoms with E-state index in [0.717, 1.165) is 37.7 Å². The first-order chi connectivity index (χ1) is 13.3. The van der Waals surface area contributed by atoms with Gasteiger partial charge in [-0.15, -0.1) is 0 Å². The molecule has 0 radical (unpaired) electrons. The minimum atomic E-state index is 0.687. The van der Waals surface area contributed by atoms with Crippen molar-refractivity contribution in [2.45, 2.75) is 0 Å². The van der Waals surface area contributed by atoms with Gasteiger partial charge in [-0.3, -0.25) is 0 Å². The molecular weight excluding hydrogens is 380 g/mol. The third kappa shape index (κ3) is 2.98. The Kier molecular flexibility index (Phi) is 4.10. The van der Waals surface area contributed by atoms with Crippen LogP contribution in [0.15, 0.2) is 47.1 Å². The summed E-state index contributed by atoms with van der Waals surface area (Å²) < 4.78 is 10.7. The van der Waals surface area contributed by atoms with Crippen LogP contribution in [0.3, 0.4) is 0 Å². The molecule has 1 fully saturated rings. The Morgan fingerprint density at radius 2 is 1.89 bits per heavy atom. The van der Waals surface area contributed by atoms with Crippen molar-refractivity contribution in [1.82, 2.24) is 19.6 Å². The maximum atomic E-state index is 5.61. The van der Waals surface area contributed by atoms with E-state index in [4.69, 9.17) is 16.8 Å². The maximum absolute atomic E-state index is 5.61. The average Bonchev–Trinajstić information content (AvgIpc) is 3.36. The average molecular weight is 397 g/mol. The van der Waals surface area contributed by atoms with Gasteiger partial charge in [-0.1, -0.05) is 18.2 Å². The summed E-state index contributed by atoms with van der Waals surface area (Å²) in [5.41, 5.74) is 2.21. The van der Waals surface area contributed by atoms with E-state index in [9.17, 15) is 0 Å². The van der Waals surface area contributed by atoms with Gasteiger partial charge in [-0.25, -0.2) is 4.63 Å². The number of hydrogen-bond donors (Lipinski definition) is 1. The number of thiocarbonyl (C=S) groups is 1. The monoisotopic (exact) mass is 396 g/mol. The minimum absolute atomic E-state index is 0.687. The molecule has 3 heterocycles. The third-order valence-corrected chi connectivity index (χ3v) is 5.93. The number of rotatable bonds is 2. The van der Waals surface area contributed by atoms with Crippen LogP contribution in [-0.2, 0) is 0 Å². The lowest BCUT2D eigenvalue weighted by molar-refractivity contribution is 0.315. The third-order valence-electron chi connectivity index (χ3n) is 4.75. The van der Waals surface area contributed by atoms with E-state index in [0.29, 0.717) is 16.1 Å². The van der Waals surface area contributed by atoms with Crippen molar-refractivity contribution in [3.63, 3.8) is 0 Å². The summed E-state index contributed by atoms with van der Waals surface area (Å²) in [5, 5.41) is 13.0. The number of anilines is 2. The van der Waals surface area contributed by atoms with Crippen molar-refractivity contribution in [3.8, 4) is 0 Å². The van der Waals surface area contributed by atoms with Crippen LogP contribution < -0.4 is 10.2 Å². The van der Waals surface area contributed by atoms with Crippen molar-refractivity contribution < 1.29 is 4.63 Å². The molecule has 1 aliphatic heterocycles. The Labute approximate surface area is 164 Å². The van der Waals surface area contributed by atoms with Crippen molar-refractivity contribution in [2.75, 3.05) is 36.4 Å². The smallest absolute Gasteiger partial charge is 0.173 e. The van der Waals surface area contributed by atoms with Crippen LogP contribution in [0, 0.1) is 0 Å². The molecule has 27 heavy (non-hydrogen) atoms. The second-order valence-corrected chi connectivity index (χ2v) is 7.54. The summed E-state index contributed by atoms with van der Waals surface area (Å²) in [6, 6.07) is 14.1. The zero-order valence-corrected chi connectivity index (χ0v) is 16.0. The van der Waals surface area contributed by atoms with E-state index in [2.05, 4.69) is 54.1 Å². The molecule has 0 atom stereocenters. The molecule has 136 valence electrons. The molecule has 5 rings (SSSR count). The summed E-state index contributed by atoms with van der Waals surface area (Å²) in [6.07, 6.45) is 0. The molecule has 0 unspecified atom stereocenters. The molecule has 1 N–H and O–H groups in total. The number of piperazine rings is 1. The summed E-state index contributed by atoms with van der Waals surface area (Å²) in [6.45, 7) is 3.44. The van der Waals surface area contributed by atoms with Crippen molar-refractivity contribution in [2.24, 2.45) is 0 Å². The molecule has 0 bridgehead atoms. The largest absolute Gasteiger partial charge is 0.352 e. The number of benzene rings is 2. The molecule has 0 aliphatic carbocycles. The number of fused-ring (bicyclic) bond motifs is 2. The van der Waals surface area contributed by atoms with Gasteiger partial charge in [0.15, 0.2) is 10.6 Å². The maximum Gasteiger partial charge on any atom is 0.173 e. The van der Waals surface area contributed by atoms with Gasteiger partial charge in [0.2, 0.25) is 0 Å². The van der Waals surface area contributed by atoms with E-state index in [1.165, 1.54) is 10.1 Å². The molecule has 1 saturated heterocycles. The van der Waals surface area contributed by atoms with Crippen molar-refractivity contribution in [3.05, 3.63) is 42.5 Å². The Hall–Kier alpha value is -2.78. The van der Waals surface area contributed by atoms with Crippen LogP contribution >= 0.6 is 23.8 Å². The van der Waals surface area contributed by atoms with E-state index >= 15 is 0 Å². The van der Waals surface area contributed by atoms with Crippen LogP contribution in [0.5, 0.6) is 0 Å². The molecule has 7 nitrogen and oxygen atoms in total. The van der Waals surface area contributed by atoms with Crippen molar-refractivity contribution in [1.29, 1.82) is 0 Å². The van der Waals surface area contributed by atoms with E-state index in [1.54, 1.807) is 11.5 Å². The highest BCUT2D eigenvalue weighted by Crippen LogP contribution is 2.30. The highest BCUT2D eigenvalue weighted by Gasteiger charge is 2.22. The zero-order valence-electron chi connectivity index (χ0n) is 14.3. The fraction of sp³-hybridized carbons (Fsp3) is 0.222. The fourth-order valence-corrected chi connectivity index (χ4v) is 4.41. The first-order valence-corrected chi connectivity index (χ1v) is 9.84. The molecule has 2 aromatic heterocycles. The van der Waals surface area contributed by atoms with Crippen molar-refractivity contribution >= 4 is 61.5 Å². The molecular formula is C18H16N6OS2. The lowest BCUT2D eigenvalue weighted by atomic mass is 10.2. The Morgan fingerprint density at radius 1 is 1.04 bits per heavy atom. The fourth-order valence-electron chi connectivity index (χ4n) is 3.32. The van der Waals surface area contributed by atoms with Gasteiger partial charge < -0.3 is 15.1 Å². The highest BCUT2D eigenvalue weighted by molar-refractivity contribution is 7.80. The highest BCUT2D eigenvalue weighted by atomic mass is 32.1. The van der Waals surface area contributed by atoms with E-state index in [-0.39, 0.29) is 0 Å². The number of nitrogens with one attached hydrogen (secondary N) is 1. The molecule has 0 amide bonds. The van der Waals surface area contributed by atoms with Crippen LogP contribution in [0.2, 0.25) is 0 Å². The lowest BCUT2D eigenvalue weighted by Gasteiger charge is -2.36. The Bertz CT molecular complexity index is 1120. The Morgan fingerprint density at radius 3 is 2.78 bits per heavy atom. The number of hydrogen-bond acceptors (Lipinski definition) is 7. The standard InChI is InChI=1S/C18H16N6OS2/c26-18(19-13-5-3-6-14-16(13)21-25-20-14)24-10-8-23(9-11-24)17-12-4-1-2-7-15(12)27-22-17/h1-7H,8-11H2,(H,19,26). The predicted octanol–water partition coefficient (Wildman–Crippen LogP) is 3.35. The normalized spacial score (nSPS) is 14.8. The first kappa shape index (κ1) is 16.4. The second-order valence-electron chi connectivity index (χ2n) is 6.34. The predicted molar refractivity (Wildman–Crippen MR) is 111 cm³/mol. The second kappa shape index (κ2) is 6.75. The summed E-state index contributed by atoms with van der Waals surface area (Å²) in [7, 11) is 0. The molecule has 0 spiro atoms. The summed E-state index contributed by atoms with van der Waals surface area (Å²) in [4.78, 5) is 4.51. The SMILES string of the molecule is S=C(Nc1cccc2nonc12)N1CCN(c2nsc3ccccc23)CC1. The zero-order chi connectivity index (χ0) is 18.2. The molecule has 1 aliphatic rings. The van der Waals surface area contributed by atoms with Gasteiger partial charge in [-0.2, -0.15) is 4.37 Å². The quantitative estimate of drug-likeness (QED) is 0.517. The van der Waals surface area contributed by atoms with Crippen LogP contribution in [0.25, 0.3) is 21.1 Å². The van der Waals surface area contributed by atoms with Gasteiger partial charge in [0, 0.05) is 31.6 Å². The van der Waals surface area contributed by atoms with E-state index < -0.39 is 0 Å². The van der Waals surface area contributed by atoms with Crippen LogP contribution in [0.4, 0.5) is 11.5 Å². The van der Waals surface area contributed by atoms with Gasteiger partial charge in [-0.05, 0) is 58.3 Å². The van der Waals surface area contributed by atoms with Gasteiger partial charge in [0.05, 0.1) is 10.4 Å². The first-order valence-electron chi connectivity index (χ1n) is 8.66. The van der Waals surface area contributed by atoms with Crippen LogP contribution in [0.1, 0.15) is 0 Å². The van der Waals surface area contributed by atoms with Crippen LogP contribution in [-0.4, -0.2) is 50.9 Å².